The van der Waals surface area contributed by atoms with Crippen molar-refractivity contribution in [2.75, 3.05) is 29.9 Å². The van der Waals surface area contributed by atoms with Gasteiger partial charge in [0.25, 0.3) is 0 Å². The van der Waals surface area contributed by atoms with Gasteiger partial charge in [-0.1, -0.05) is 44.2 Å². The number of carbonyl (C=O) groups is 1. The van der Waals surface area contributed by atoms with E-state index in [2.05, 4.69) is 53.6 Å². The van der Waals surface area contributed by atoms with Gasteiger partial charge in [-0.3, -0.25) is 4.79 Å². The van der Waals surface area contributed by atoms with E-state index >= 15 is 0 Å². The summed E-state index contributed by atoms with van der Waals surface area (Å²) >= 11 is 0. The summed E-state index contributed by atoms with van der Waals surface area (Å²) in [6.45, 7) is 7.24. The van der Waals surface area contributed by atoms with Gasteiger partial charge in [0.05, 0.1) is 6.54 Å². The third-order valence-corrected chi connectivity index (χ3v) is 4.38. The zero-order chi connectivity index (χ0) is 16.9. The molecule has 1 aliphatic heterocycles. The Hall–Kier alpha value is -2.33. The van der Waals surface area contributed by atoms with Crippen molar-refractivity contribution in [1.29, 1.82) is 0 Å². The third kappa shape index (κ3) is 3.95. The second kappa shape index (κ2) is 7.49. The molecule has 0 spiro atoms. The van der Waals surface area contributed by atoms with Crippen LogP contribution in [0.15, 0.2) is 48.5 Å². The van der Waals surface area contributed by atoms with Gasteiger partial charge in [0, 0.05) is 31.0 Å². The lowest BCUT2D eigenvalue weighted by Gasteiger charge is -2.24. The monoisotopic (exact) mass is 323 g/mol. The summed E-state index contributed by atoms with van der Waals surface area (Å²) in [5.41, 5.74) is 4.49. The van der Waals surface area contributed by atoms with Gasteiger partial charge in [0.1, 0.15) is 0 Å². The van der Waals surface area contributed by atoms with Crippen molar-refractivity contribution in [1.82, 2.24) is 5.32 Å². The fourth-order valence-corrected chi connectivity index (χ4v) is 3.04. The lowest BCUT2D eigenvalue weighted by atomic mass is 10.0. The molecule has 0 saturated heterocycles. The molecule has 0 radical (unpaired) electrons. The van der Waals surface area contributed by atoms with Crippen LogP contribution in [0, 0.1) is 0 Å². The maximum atomic E-state index is 12.5. The molecule has 0 fully saturated rings. The number of hydrogen-bond donors (Lipinski definition) is 2. The predicted octanol–water partition coefficient (Wildman–Crippen LogP) is 3.36. The van der Waals surface area contributed by atoms with Crippen LogP contribution in [0.3, 0.4) is 0 Å². The van der Waals surface area contributed by atoms with Gasteiger partial charge in [-0.05, 0) is 35.2 Å². The normalized spacial score (nSPS) is 14.2. The van der Waals surface area contributed by atoms with Crippen LogP contribution in [0.2, 0.25) is 0 Å². The van der Waals surface area contributed by atoms with Crippen LogP contribution in [0.1, 0.15) is 30.9 Å². The molecule has 0 unspecified atom stereocenters. The maximum absolute atomic E-state index is 12.5. The second-order valence-electron chi connectivity index (χ2n) is 6.56. The van der Waals surface area contributed by atoms with Gasteiger partial charge >= 0.3 is 0 Å². The van der Waals surface area contributed by atoms with Gasteiger partial charge in [0.15, 0.2) is 0 Å². The summed E-state index contributed by atoms with van der Waals surface area (Å²) in [6, 6.07) is 16.4. The van der Waals surface area contributed by atoms with E-state index in [0.29, 0.717) is 12.5 Å². The molecule has 0 aliphatic carbocycles. The zero-order valence-electron chi connectivity index (χ0n) is 14.4. The largest absolute Gasteiger partial charge is 0.361 e. The highest BCUT2D eigenvalue weighted by molar-refractivity contribution is 5.94. The number of amides is 1. The van der Waals surface area contributed by atoms with Crippen LogP contribution in [0.4, 0.5) is 11.4 Å². The average Bonchev–Trinajstić information content (AvgIpc) is 2.77. The SMILES string of the molecule is CC(C)c1cccc(NC(=O)CN2CCNCc3ccccc32)c1. The van der Waals surface area contributed by atoms with Gasteiger partial charge in [0.2, 0.25) is 5.91 Å². The van der Waals surface area contributed by atoms with Crippen molar-refractivity contribution < 1.29 is 4.79 Å². The molecule has 4 heteroatoms. The Morgan fingerprint density at radius 1 is 1.21 bits per heavy atom. The van der Waals surface area contributed by atoms with Crippen molar-refractivity contribution in [2.45, 2.75) is 26.3 Å². The summed E-state index contributed by atoms with van der Waals surface area (Å²) in [5.74, 6) is 0.470. The molecule has 2 N–H and O–H groups in total. The Morgan fingerprint density at radius 3 is 2.88 bits per heavy atom. The Bertz CT molecular complexity index is 712. The lowest BCUT2D eigenvalue weighted by molar-refractivity contribution is -0.115. The van der Waals surface area contributed by atoms with Crippen molar-refractivity contribution in [3.63, 3.8) is 0 Å². The van der Waals surface area contributed by atoms with Crippen molar-refractivity contribution in [3.8, 4) is 0 Å². The van der Waals surface area contributed by atoms with Gasteiger partial charge in [-0.15, -0.1) is 0 Å². The predicted molar refractivity (Wildman–Crippen MR) is 99.5 cm³/mol. The molecule has 126 valence electrons. The van der Waals surface area contributed by atoms with E-state index in [9.17, 15) is 4.79 Å². The molecule has 4 nitrogen and oxygen atoms in total. The number of hydrogen-bond acceptors (Lipinski definition) is 3. The van der Waals surface area contributed by atoms with Crippen molar-refractivity contribution in [2.24, 2.45) is 0 Å². The Kier molecular flexibility index (Phi) is 5.16. The van der Waals surface area contributed by atoms with Crippen LogP contribution in [-0.2, 0) is 11.3 Å². The molecule has 1 heterocycles. The minimum Gasteiger partial charge on any atom is -0.361 e. The van der Waals surface area contributed by atoms with Gasteiger partial charge in [-0.25, -0.2) is 0 Å². The molecule has 0 aromatic heterocycles. The molecular formula is C20H25N3O. The van der Waals surface area contributed by atoms with Gasteiger partial charge < -0.3 is 15.5 Å². The summed E-state index contributed by atoms with van der Waals surface area (Å²) in [6.07, 6.45) is 0. The summed E-state index contributed by atoms with van der Waals surface area (Å²) < 4.78 is 0. The number of carbonyl (C=O) groups excluding carboxylic acids is 1. The molecule has 2 aromatic rings. The number of rotatable bonds is 4. The Morgan fingerprint density at radius 2 is 2.04 bits per heavy atom. The first-order valence-electron chi connectivity index (χ1n) is 8.57. The highest BCUT2D eigenvalue weighted by Gasteiger charge is 2.17. The molecular weight excluding hydrogens is 298 g/mol. The van der Waals surface area contributed by atoms with E-state index < -0.39 is 0 Å². The fraction of sp³-hybridized carbons (Fsp3) is 0.350. The molecule has 3 rings (SSSR count). The number of anilines is 2. The standard InChI is InChI=1S/C20H25N3O/c1-15(2)16-7-5-8-18(12-16)22-20(24)14-23-11-10-21-13-17-6-3-4-9-19(17)23/h3-9,12,15,21H,10-11,13-14H2,1-2H3,(H,22,24). The average molecular weight is 323 g/mol. The molecule has 0 bridgehead atoms. The van der Waals surface area contributed by atoms with Crippen LogP contribution < -0.4 is 15.5 Å². The smallest absolute Gasteiger partial charge is 0.243 e. The highest BCUT2D eigenvalue weighted by Crippen LogP contribution is 2.22. The molecule has 1 aliphatic rings. The van der Waals surface area contributed by atoms with Crippen LogP contribution in [0.5, 0.6) is 0 Å². The van der Waals surface area contributed by atoms with Gasteiger partial charge in [-0.2, -0.15) is 0 Å². The van der Waals surface area contributed by atoms with E-state index in [1.807, 2.05) is 24.3 Å². The first-order chi connectivity index (χ1) is 11.6. The van der Waals surface area contributed by atoms with Crippen LogP contribution >= 0.6 is 0 Å². The van der Waals surface area contributed by atoms with E-state index in [1.54, 1.807) is 0 Å². The highest BCUT2D eigenvalue weighted by atomic mass is 16.2. The zero-order valence-corrected chi connectivity index (χ0v) is 14.4. The van der Waals surface area contributed by atoms with Crippen molar-refractivity contribution >= 4 is 17.3 Å². The molecule has 1 amide bonds. The first kappa shape index (κ1) is 16.5. The van der Waals surface area contributed by atoms with Crippen LogP contribution in [0.25, 0.3) is 0 Å². The molecule has 0 saturated carbocycles. The molecule has 24 heavy (non-hydrogen) atoms. The van der Waals surface area contributed by atoms with E-state index in [0.717, 1.165) is 31.0 Å². The van der Waals surface area contributed by atoms with Crippen LogP contribution in [-0.4, -0.2) is 25.5 Å². The Balaban J connectivity index is 1.70. The number of nitrogens with one attached hydrogen (secondary N) is 2. The topological polar surface area (TPSA) is 44.4 Å². The molecule has 2 aromatic carbocycles. The summed E-state index contributed by atoms with van der Waals surface area (Å²) in [4.78, 5) is 14.7. The third-order valence-electron chi connectivity index (χ3n) is 4.38. The Labute approximate surface area is 143 Å². The van der Waals surface area contributed by atoms with E-state index in [1.165, 1.54) is 11.1 Å². The number of nitrogens with zero attached hydrogens (tertiary/aromatic N) is 1. The van der Waals surface area contributed by atoms with Crippen molar-refractivity contribution in [3.05, 3.63) is 59.7 Å². The molecule has 0 atom stereocenters. The minimum absolute atomic E-state index is 0.0209. The fourth-order valence-electron chi connectivity index (χ4n) is 3.04. The lowest BCUT2D eigenvalue weighted by Crippen LogP contribution is -2.36. The summed E-state index contributed by atoms with van der Waals surface area (Å²) in [7, 11) is 0. The second-order valence-corrected chi connectivity index (χ2v) is 6.56. The van der Waals surface area contributed by atoms with E-state index in [-0.39, 0.29) is 5.91 Å². The number of para-hydroxylation sites is 1. The number of benzene rings is 2. The quantitative estimate of drug-likeness (QED) is 0.907. The number of fused-ring (bicyclic) bond motifs is 1. The van der Waals surface area contributed by atoms with E-state index in [4.69, 9.17) is 0 Å². The summed E-state index contributed by atoms with van der Waals surface area (Å²) in [5, 5.41) is 6.44. The maximum Gasteiger partial charge on any atom is 0.243 e. The first-order valence-corrected chi connectivity index (χ1v) is 8.57. The minimum atomic E-state index is 0.0209.